The Morgan fingerprint density at radius 3 is 2.21 bits per heavy atom. The molecule has 9 heteroatoms. The van der Waals surface area contributed by atoms with Crippen molar-refractivity contribution >= 4 is 22.9 Å². The van der Waals surface area contributed by atoms with E-state index >= 15 is 0 Å². The summed E-state index contributed by atoms with van der Waals surface area (Å²) in [7, 11) is -4.94. The second kappa shape index (κ2) is 8.09. The van der Waals surface area contributed by atoms with E-state index in [2.05, 4.69) is 0 Å². The smallest absolute Gasteiger partial charge is 0.360 e. The number of rotatable bonds is 2. The van der Waals surface area contributed by atoms with E-state index in [4.69, 9.17) is 32.5 Å². The molecule has 0 fully saturated rings. The molecular weight excluding hydrogens is 395 g/mol. The third-order valence-corrected chi connectivity index (χ3v) is 3.74. The van der Waals surface area contributed by atoms with Crippen molar-refractivity contribution in [3.63, 3.8) is 0 Å². The van der Waals surface area contributed by atoms with Gasteiger partial charge < -0.3 is 9.47 Å². The van der Waals surface area contributed by atoms with Crippen molar-refractivity contribution in [1.29, 1.82) is 0 Å². The molecule has 1 aliphatic heterocycles. The molecule has 0 saturated heterocycles. The topological polar surface area (TPSA) is 122 Å². The van der Waals surface area contributed by atoms with Crippen molar-refractivity contribution in [3.05, 3.63) is 65.4 Å². The summed E-state index contributed by atoms with van der Waals surface area (Å²) in [6.45, 7) is 2.14. The van der Waals surface area contributed by atoms with Gasteiger partial charge in [-0.05, 0) is 29.8 Å². The van der Waals surface area contributed by atoms with Crippen molar-refractivity contribution in [2.45, 2.75) is 6.92 Å². The summed E-state index contributed by atoms with van der Waals surface area (Å²) in [6, 6.07) is 12.1. The van der Waals surface area contributed by atoms with Gasteiger partial charge in [-0.15, -0.1) is 10.2 Å². The van der Waals surface area contributed by atoms with Crippen LogP contribution in [0, 0.1) is 23.0 Å². The summed E-state index contributed by atoms with van der Waals surface area (Å²) in [5, 5.41) is 1.97. The van der Waals surface area contributed by atoms with E-state index < -0.39 is 10.2 Å². The molecule has 2 aromatic carbocycles. The summed E-state index contributed by atoms with van der Waals surface area (Å²) in [4.78, 5) is 0. The molecule has 2 heterocycles. The Morgan fingerprint density at radius 2 is 1.57 bits per heavy atom. The second-order valence-corrected chi connectivity index (χ2v) is 6.53. The molecule has 1 aromatic heterocycles. The lowest BCUT2D eigenvalue weighted by Crippen LogP contribution is -2.68. The van der Waals surface area contributed by atoms with Crippen LogP contribution >= 0.6 is 0 Å². The third-order valence-electron chi connectivity index (χ3n) is 3.74. The molecule has 1 aliphatic rings. The minimum absolute atomic E-state index is 0.239. The van der Waals surface area contributed by atoms with Crippen molar-refractivity contribution in [1.82, 2.24) is 0 Å². The first-order chi connectivity index (χ1) is 13.2. The maximum Gasteiger partial charge on any atom is 0.360 e. The first kappa shape index (κ1) is 20.0. The zero-order valence-electron chi connectivity index (χ0n) is 14.5. The molecule has 0 radical (unpaired) electrons. The van der Waals surface area contributed by atoms with Crippen LogP contribution in [0.25, 0.3) is 22.9 Å². The molecule has 0 amide bonds. The van der Waals surface area contributed by atoms with Crippen molar-refractivity contribution < 1.29 is 47.2 Å². The lowest BCUT2D eigenvalue weighted by molar-refractivity contribution is -2.00. The fraction of sp³-hybridized carbons (Fsp3) is 0.105. The van der Waals surface area contributed by atoms with E-state index in [0.717, 1.165) is 33.6 Å². The molecule has 4 rings (SSSR count). The Labute approximate surface area is 161 Å². The Morgan fingerprint density at radius 1 is 0.964 bits per heavy atom. The van der Waals surface area contributed by atoms with E-state index in [1.54, 1.807) is 12.1 Å². The highest BCUT2D eigenvalue weighted by Gasteiger charge is 2.20. The van der Waals surface area contributed by atoms with Gasteiger partial charge in [0, 0.05) is 23.6 Å². The minimum atomic E-state index is -4.94. The largest absolute Gasteiger partial charge is 0.454 e. The van der Waals surface area contributed by atoms with Crippen molar-refractivity contribution in [2.24, 2.45) is 0 Å². The predicted octanol–water partition coefficient (Wildman–Crippen LogP) is 0.305. The highest BCUT2D eigenvalue weighted by Crippen LogP contribution is 2.38. The van der Waals surface area contributed by atoms with Crippen LogP contribution in [0.2, 0.25) is 0 Å². The van der Waals surface area contributed by atoms with Crippen LogP contribution in [-0.4, -0.2) is 6.79 Å². The molecule has 0 N–H and O–H groups in total. The maximum absolute atomic E-state index is 13.0. The molecule has 0 atom stereocenters. The fourth-order valence-corrected chi connectivity index (χ4v) is 2.64. The van der Waals surface area contributed by atoms with Crippen LogP contribution in [0.3, 0.4) is 0 Å². The number of ether oxygens (including phenoxy) is 2. The van der Waals surface area contributed by atoms with Gasteiger partial charge in [0.1, 0.15) is 5.82 Å². The van der Waals surface area contributed by atoms with E-state index in [-0.39, 0.29) is 12.6 Å². The average molecular weight is 409 g/mol. The molecule has 0 unspecified atom stereocenters. The molecule has 0 bridgehead atoms. The van der Waals surface area contributed by atoms with Gasteiger partial charge in [0.15, 0.2) is 11.5 Å². The highest BCUT2D eigenvalue weighted by atomic mass is 35.7. The van der Waals surface area contributed by atoms with Crippen LogP contribution in [0.4, 0.5) is 4.39 Å². The second-order valence-electron chi connectivity index (χ2n) is 5.78. The van der Waals surface area contributed by atoms with Crippen molar-refractivity contribution in [2.75, 3.05) is 6.79 Å². The van der Waals surface area contributed by atoms with Gasteiger partial charge in [0.25, 0.3) is 0 Å². The SMILES string of the molecule is Cc1cc2cc3c(cc2c(/C=C/c2ccc(F)cc2)[o+]1)OCO3.[O-][Cl+3]([O-])([O-])[O-]. The quantitative estimate of drug-likeness (QED) is 0.559. The first-order valence-electron chi connectivity index (χ1n) is 7.91. The Kier molecular flexibility index (Phi) is 5.78. The monoisotopic (exact) mass is 408 g/mol. The van der Waals surface area contributed by atoms with E-state index in [9.17, 15) is 4.39 Å². The molecule has 0 spiro atoms. The van der Waals surface area contributed by atoms with Gasteiger partial charge in [-0.2, -0.15) is 0 Å². The van der Waals surface area contributed by atoms with Gasteiger partial charge in [-0.1, -0.05) is 12.1 Å². The molecule has 7 nitrogen and oxygen atoms in total. The third kappa shape index (κ3) is 5.38. The molecular formula is C19H14ClFO7. The molecule has 3 aromatic rings. The van der Waals surface area contributed by atoms with Gasteiger partial charge in [-0.25, -0.2) is 27.4 Å². The Bertz CT molecular complexity index is 1010. The average Bonchev–Trinajstić information content (AvgIpc) is 3.05. The van der Waals surface area contributed by atoms with E-state index in [1.807, 2.05) is 37.3 Å². The highest BCUT2D eigenvalue weighted by molar-refractivity contribution is 5.93. The van der Waals surface area contributed by atoms with Crippen LogP contribution in [0.5, 0.6) is 11.5 Å². The zero-order chi connectivity index (χ0) is 20.3. The minimum Gasteiger partial charge on any atom is -0.454 e. The number of aryl methyl sites for hydroxylation is 1. The molecule has 146 valence electrons. The number of halogens is 2. The summed E-state index contributed by atoms with van der Waals surface area (Å²) in [6.07, 6.45) is 3.77. The maximum atomic E-state index is 13.0. The molecule has 28 heavy (non-hydrogen) atoms. The predicted molar refractivity (Wildman–Crippen MR) is 86.8 cm³/mol. The number of fused-ring (bicyclic) bond motifs is 2. The van der Waals surface area contributed by atoms with Crippen molar-refractivity contribution in [3.8, 4) is 11.5 Å². The first-order valence-corrected chi connectivity index (χ1v) is 9.15. The van der Waals surface area contributed by atoms with Gasteiger partial charge in [0.2, 0.25) is 6.79 Å². The normalized spacial score (nSPS) is 12.9. The summed E-state index contributed by atoms with van der Waals surface area (Å²) in [5.41, 5.74) is 0.900. The Hall–Kier alpha value is -2.75. The Balaban J connectivity index is 0.000000403. The van der Waals surface area contributed by atoms with Crippen LogP contribution in [0.1, 0.15) is 17.1 Å². The fourth-order valence-electron chi connectivity index (χ4n) is 2.64. The molecule has 0 saturated carbocycles. The number of benzene rings is 2. The van der Waals surface area contributed by atoms with Crippen LogP contribution < -0.4 is 28.1 Å². The van der Waals surface area contributed by atoms with Crippen LogP contribution in [-0.2, 0) is 0 Å². The standard InChI is InChI=1S/C19H14FO3.ClHO4/c1-12-8-14-9-18-19(22-11-21-18)10-16(14)17(23-12)7-4-13-2-5-15(20)6-3-13;2-1(3,4)5/h2-10H,11H2,1H3;(H,2,3,4,5)/q+1;/p-1/b7-4+;. The van der Waals surface area contributed by atoms with Gasteiger partial charge in [-0.3, -0.25) is 0 Å². The summed E-state index contributed by atoms with van der Waals surface area (Å²) >= 11 is 0. The number of hydrogen-bond acceptors (Lipinski definition) is 6. The zero-order valence-corrected chi connectivity index (χ0v) is 15.3. The summed E-state index contributed by atoms with van der Waals surface area (Å²) < 4.78 is 63.6. The van der Waals surface area contributed by atoms with Gasteiger partial charge >= 0.3 is 11.5 Å². The lowest BCUT2D eigenvalue weighted by atomic mass is 10.1. The van der Waals surface area contributed by atoms with Gasteiger partial charge in [0.05, 0.1) is 12.3 Å². The number of hydrogen-bond donors (Lipinski definition) is 0. The van der Waals surface area contributed by atoms with E-state index in [1.165, 1.54) is 12.1 Å². The molecule has 0 aliphatic carbocycles. The summed E-state index contributed by atoms with van der Waals surface area (Å²) in [5.74, 6) is 2.74. The lowest BCUT2D eigenvalue weighted by Gasteiger charge is -2.17. The van der Waals surface area contributed by atoms with E-state index in [0.29, 0.717) is 5.75 Å². The van der Waals surface area contributed by atoms with Crippen LogP contribution in [0.15, 0.2) is 46.9 Å².